The molecular weight excluding hydrogens is 226 g/mol. The van der Waals surface area contributed by atoms with E-state index in [4.69, 9.17) is 11.6 Å². The van der Waals surface area contributed by atoms with E-state index in [2.05, 4.69) is 10.3 Å². The first-order valence-corrected chi connectivity index (χ1v) is 4.63. The van der Waals surface area contributed by atoms with Crippen LogP contribution in [0.3, 0.4) is 0 Å². The lowest BCUT2D eigenvalue weighted by molar-refractivity contribution is -0.115. The monoisotopic (exact) mass is 234 g/mol. The number of alkyl halides is 3. The summed E-state index contributed by atoms with van der Waals surface area (Å²) in [5.41, 5.74) is 0.0174. The summed E-state index contributed by atoms with van der Waals surface area (Å²) in [6.07, 6.45) is -1.44. The van der Waals surface area contributed by atoms with Crippen LogP contribution in [0.2, 0.25) is 0 Å². The Kier molecular flexibility index (Phi) is 3.96. The number of aromatic nitrogens is 1. The molecule has 0 spiro atoms. The van der Waals surface area contributed by atoms with Crippen molar-refractivity contribution in [1.29, 1.82) is 0 Å². The van der Waals surface area contributed by atoms with Crippen LogP contribution in [0.15, 0.2) is 18.3 Å². The highest BCUT2D eigenvalue weighted by Crippen LogP contribution is 2.17. The predicted molar refractivity (Wildman–Crippen MR) is 53.1 cm³/mol. The van der Waals surface area contributed by atoms with Gasteiger partial charge in [-0.2, -0.15) is 0 Å². The van der Waals surface area contributed by atoms with Crippen LogP contribution >= 0.6 is 11.6 Å². The van der Waals surface area contributed by atoms with Crippen molar-refractivity contribution >= 4 is 23.2 Å². The molecule has 0 aromatic carbocycles. The second-order valence-electron chi connectivity index (χ2n) is 2.88. The standard InChI is InChI=1S/C9H9ClF2N2O/c1-5(10)9(15)14-6-2-3-7(8(11)12)13-4-6/h2-5,8H,1H3,(H,14,15). The average molecular weight is 235 g/mol. The summed E-state index contributed by atoms with van der Waals surface area (Å²) in [6.45, 7) is 1.51. The highest BCUT2D eigenvalue weighted by molar-refractivity contribution is 6.32. The summed E-state index contributed by atoms with van der Waals surface area (Å²) < 4.78 is 24.2. The Bertz CT molecular complexity index is 340. The molecule has 0 saturated heterocycles. The number of hydrogen-bond donors (Lipinski definition) is 1. The highest BCUT2D eigenvalue weighted by Gasteiger charge is 2.11. The molecule has 1 unspecified atom stereocenters. The number of nitrogens with one attached hydrogen (secondary N) is 1. The molecule has 1 heterocycles. The molecule has 3 nitrogen and oxygen atoms in total. The van der Waals surface area contributed by atoms with Gasteiger partial charge >= 0.3 is 0 Å². The number of pyridine rings is 1. The van der Waals surface area contributed by atoms with Gasteiger partial charge in [0.05, 0.1) is 11.9 Å². The van der Waals surface area contributed by atoms with Crippen LogP contribution in [-0.4, -0.2) is 16.3 Å². The van der Waals surface area contributed by atoms with E-state index in [0.717, 1.165) is 6.07 Å². The largest absolute Gasteiger partial charge is 0.323 e. The normalized spacial score (nSPS) is 12.6. The molecule has 1 amide bonds. The number of carbonyl (C=O) groups excluding carboxylic acids is 1. The maximum Gasteiger partial charge on any atom is 0.280 e. The Morgan fingerprint density at radius 2 is 2.20 bits per heavy atom. The van der Waals surface area contributed by atoms with Gasteiger partial charge in [-0.05, 0) is 19.1 Å². The second-order valence-corrected chi connectivity index (χ2v) is 3.53. The molecule has 0 radical (unpaired) electrons. The van der Waals surface area contributed by atoms with E-state index in [0.29, 0.717) is 5.69 Å². The third-order valence-electron chi connectivity index (χ3n) is 1.64. The summed E-state index contributed by atoms with van der Waals surface area (Å²) in [6, 6.07) is 2.50. The first-order chi connectivity index (χ1) is 7.00. The topological polar surface area (TPSA) is 42.0 Å². The molecule has 0 aliphatic heterocycles. The Balaban J connectivity index is 2.69. The fraction of sp³-hybridized carbons (Fsp3) is 0.333. The first-order valence-electron chi connectivity index (χ1n) is 4.19. The van der Waals surface area contributed by atoms with Crippen molar-refractivity contribution < 1.29 is 13.6 Å². The van der Waals surface area contributed by atoms with Crippen molar-refractivity contribution in [3.8, 4) is 0 Å². The lowest BCUT2D eigenvalue weighted by Gasteiger charge is -2.06. The Morgan fingerprint density at radius 3 is 2.60 bits per heavy atom. The van der Waals surface area contributed by atoms with Crippen LogP contribution < -0.4 is 5.32 Å². The van der Waals surface area contributed by atoms with Crippen LogP contribution in [0, 0.1) is 0 Å². The van der Waals surface area contributed by atoms with E-state index < -0.39 is 17.7 Å². The van der Waals surface area contributed by atoms with E-state index >= 15 is 0 Å². The molecule has 1 N–H and O–H groups in total. The van der Waals surface area contributed by atoms with Crippen molar-refractivity contribution in [3.05, 3.63) is 24.0 Å². The maximum absolute atomic E-state index is 12.1. The van der Waals surface area contributed by atoms with Crippen LogP contribution in [0.1, 0.15) is 19.0 Å². The van der Waals surface area contributed by atoms with Gasteiger partial charge in [-0.1, -0.05) is 0 Å². The van der Waals surface area contributed by atoms with Gasteiger partial charge in [0.25, 0.3) is 6.43 Å². The van der Waals surface area contributed by atoms with Crippen molar-refractivity contribution in [3.63, 3.8) is 0 Å². The zero-order valence-electron chi connectivity index (χ0n) is 7.88. The minimum absolute atomic E-state index is 0.327. The molecule has 0 bridgehead atoms. The Hall–Kier alpha value is -1.23. The van der Waals surface area contributed by atoms with Gasteiger partial charge in [-0.15, -0.1) is 11.6 Å². The fourth-order valence-electron chi connectivity index (χ4n) is 0.850. The summed E-state index contributed by atoms with van der Waals surface area (Å²) in [4.78, 5) is 14.6. The second kappa shape index (κ2) is 5.02. The number of carbonyl (C=O) groups is 1. The van der Waals surface area contributed by atoms with Gasteiger partial charge < -0.3 is 5.32 Å². The smallest absolute Gasteiger partial charge is 0.280 e. The van der Waals surface area contributed by atoms with Crippen LogP contribution in [0.5, 0.6) is 0 Å². The molecule has 0 fully saturated rings. The summed E-state index contributed by atoms with van der Waals surface area (Å²) >= 11 is 5.51. The van der Waals surface area contributed by atoms with E-state index in [1.54, 1.807) is 0 Å². The van der Waals surface area contributed by atoms with Gasteiger partial charge in [-0.25, -0.2) is 8.78 Å². The molecule has 1 rings (SSSR count). The van der Waals surface area contributed by atoms with Gasteiger partial charge in [0, 0.05) is 0 Å². The van der Waals surface area contributed by atoms with Crippen molar-refractivity contribution in [2.45, 2.75) is 18.7 Å². The number of halogens is 3. The van der Waals surface area contributed by atoms with Gasteiger partial charge in [0.15, 0.2) is 0 Å². The number of hydrogen-bond acceptors (Lipinski definition) is 2. The fourth-order valence-corrected chi connectivity index (χ4v) is 0.905. The first kappa shape index (κ1) is 11.8. The quantitative estimate of drug-likeness (QED) is 0.817. The third kappa shape index (κ3) is 3.43. The number of amides is 1. The molecule has 1 atom stereocenters. The molecule has 1 aromatic rings. The van der Waals surface area contributed by atoms with Crippen LogP contribution in [0.4, 0.5) is 14.5 Å². The molecule has 1 aromatic heterocycles. The molecule has 82 valence electrons. The Labute approximate surface area is 90.5 Å². The average Bonchev–Trinajstić information content (AvgIpc) is 2.18. The van der Waals surface area contributed by atoms with E-state index in [1.807, 2.05) is 0 Å². The predicted octanol–water partition coefficient (Wildman–Crippen LogP) is 2.59. The van der Waals surface area contributed by atoms with Crippen LogP contribution in [0.25, 0.3) is 0 Å². The minimum Gasteiger partial charge on any atom is -0.323 e. The summed E-state index contributed by atoms with van der Waals surface area (Å²) in [7, 11) is 0. The van der Waals surface area contributed by atoms with Gasteiger partial charge in [-0.3, -0.25) is 9.78 Å². The van der Waals surface area contributed by atoms with E-state index in [-0.39, 0.29) is 5.69 Å². The van der Waals surface area contributed by atoms with E-state index in [1.165, 1.54) is 19.2 Å². The molecule has 15 heavy (non-hydrogen) atoms. The molecule has 0 aliphatic carbocycles. The van der Waals surface area contributed by atoms with Gasteiger partial charge in [0.2, 0.25) is 5.91 Å². The van der Waals surface area contributed by atoms with Crippen molar-refractivity contribution in [2.75, 3.05) is 5.32 Å². The molecule has 6 heteroatoms. The summed E-state index contributed by atoms with van der Waals surface area (Å²) in [5.74, 6) is -0.400. The molecule has 0 aliphatic rings. The third-order valence-corrected chi connectivity index (χ3v) is 1.84. The zero-order valence-corrected chi connectivity index (χ0v) is 8.63. The molecular formula is C9H9ClF2N2O. The maximum atomic E-state index is 12.1. The zero-order chi connectivity index (χ0) is 11.4. The lowest BCUT2D eigenvalue weighted by Crippen LogP contribution is -2.20. The number of rotatable bonds is 3. The van der Waals surface area contributed by atoms with Crippen molar-refractivity contribution in [2.24, 2.45) is 0 Å². The van der Waals surface area contributed by atoms with Crippen LogP contribution in [-0.2, 0) is 4.79 Å². The Morgan fingerprint density at radius 1 is 1.53 bits per heavy atom. The summed E-state index contributed by atoms with van der Waals surface area (Å²) in [5, 5.41) is 1.75. The number of anilines is 1. The molecule has 0 saturated carbocycles. The van der Waals surface area contributed by atoms with E-state index in [9.17, 15) is 13.6 Å². The SMILES string of the molecule is CC(Cl)C(=O)Nc1ccc(C(F)F)nc1. The highest BCUT2D eigenvalue weighted by atomic mass is 35.5. The van der Waals surface area contributed by atoms with Crippen molar-refractivity contribution in [1.82, 2.24) is 4.98 Å². The lowest BCUT2D eigenvalue weighted by atomic mass is 10.3. The number of nitrogens with zero attached hydrogens (tertiary/aromatic N) is 1. The van der Waals surface area contributed by atoms with Gasteiger partial charge in [0.1, 0.15) is 11.1 Å². The minimum atomic E-state index is -2.61.